The average Bonchev–Trinajstić information content (AvgIpc) is 2.51. The number of carbonyl (C=O) groups excluding carboxylic acids is 2. The number of hydrogen-bond acceptors (Lipinski definition) is 2. The second-order valence-corrected chi connectivity index (χ2v) is 6.47. The van der Waals surface area contributed by atoms with Crippen molar-refractivity contribution in [2.75, 3.05) is 0 Å². The summed E-state index contributed by atoms with van der Waals surface area (Å²) in [5.74, 6) is -0.0128. The van der Waals surface area contributed by atoms with Crippen LogP contribution in [0.2, 0.25) is 0 Å². The second kappa shape index (κ2) is 7.07. The lowest BCUT2D eigenvalue weighted by Crippen LogP contribution is -2.45. The molecule has 0 spiro atoms. The zero-order valence-electron chi connectivity index (χ0n) is 12.4. The van der Waals surface area contributed by atoms with Crippen LogP contribution in [0.5, 0.6) is 0 Å². The summed E-state index contributed by atoms with van der Waals surface area (Å²) < 4.78 is 0.995. The predicted molar refractivity (Wildman–Crippen MR) is 85.6 cm³/mol. The average molecular weight is 353 g/mol. The minimum absolute atomic E-state index is 0.0233. The van der Waals surface area contributed by atoms with Gasteiger partial charge in [0, 0.05) is 23.5 Å². The van der Waals surface area contributed by atoms with E-state index in [1.54, 1.807) is 0 Å². The van der Waals surface area contributed by atoms with Crippen molar-refractivity contribution in [3.8, 4) is 0 Å². The summed E-state index contributed by atoms with van der Waals surface area (Å²) in [6.07, 6.45) is 1.92. The Hall–Kier alpha value is -1.36. The van der Waals surface area contributed by atoms with Crippen LogP contribution in [0.4, 0.5) is 0 Å². The third kappa shape index (κ3) is 4.06. The fourth-order valence-corrected chi connectivity index (χ4v) is 3.11. The Morgan fingerprint density at radius 1 is 1.38 bits per heavy atom. The van der Waals surface area contributed by atoms with Crippen molar-refractivity contribution < 1.29 is 9.59 Å². The largest absolute Gasteiger partial charge is 0.344 e. The number of benzene rings is 1. The summed E-state index contributed by atoms with van der Waals surface area (Å²) in [6.45, 7) is 4.49. The molecule has 0 aromatic heterocycles. The number of amides is 2. The highest BCUT2D eigenvalue weighted by atomic mass is 79.9. The van der Waals surface area contributed by atoms with Crippen molar-refractivity contribution in [1.29, 1.82) is 0 Å². The molecular formula is C16H21BrN2O2. The van der Waals surface area contributed by atoms with Gasteiger partial charge in [-0.25, -0.2) is 0 Å². The third-order valence-electron chi connectivity index (χ3n) is 3.75. The van der Waals surface area contributed by atoms with E-state index in [1.165, 1.54) is 0 Å². The van der Waals surface area contributed by atoms with Crippen LogP contribution in [0.3, 0.4) is 0 Å². The van der Waals surface area contributed by atoms with Gasteiger partial charge in [-0.05, 0) is 31.0 Å². The molecule has 1 heterocycles. The van der Waals surface area contributed by atoms with Gasteiger partial charge in [-0.3, -0.25) is 9.59 Å². The fourth-order valence-electron chi connectivity index (χ4n) is 2.66. The molecule has 21 heavy (non-hydrogen) atoms. The van der Waals surface area contributed by atoms with Gasteiger partial charge in [0.05, 0.1) is 0 Å². The normalized spacial score (nSPS) is 22.9. The first-order valence-electron chi connectivity index (χ1n) is 7.35. The Balaban J connectivity index is 2.21. The van der Waals surface area contributed by atoms with E-state index in [-0.39, 0.29) is 23.9 Å². The van der Waals surface area contributed by atoms with Gasteiger partial charge in [-0.15, -0.1) is 0 Å². The summed E-state index contributed by atoms with van der Waals surface area (Å²) in [5.41, 5.74) is 1.06. The molecule has 1 saturated heterocycles. The molecule has 2 unspecified atom stereocenters. The quantitative estimate of drug-likeness (QED) is 0.905. The molecular weight excluding hydrogens is 332 g/mol. The van der Waals surface area contributed by atoms with Crippen LogP contribution in [0.1, 0.15) is 38.7 Å². The van der Waals surface area contributed by atoms with Crippen molar-refractivity contribution >= 4 is 27.7 Å². The molecule has 0 saturated carbocycles. The standard InChI is InChI=1S/C16H21BrN2O2/c1-3-5-14-16(21)19(11(2)8-15(20)18-14)10-12-6-4-7-13(17)9-12/h4,6-7,9,11,14H,3,5,8,10H2,1-2H3,(H,18,20). The van der Waals surface area contributed by atoms with E-state index in [2.05, 4.69) is 21.2 Å². The van der Waals surface area contributed by atoms with Gasteiger partial charge in [0.25, 0.3) is 0 Å². The maximum atomic E-state index is 12.7. The van der Waals surface area contributed by atoms with Crippen molar-refractivity contribution in [3.63, 3.8) is 0 Å². The molecule has 2 atom stereocenters. The molecule has 4 nitrogen and oxygen atoms in total. The first-order valence-corrected chi connectivity index (χ1v) is 8.15. The van der Waals surface area contributed by atoms with Gasteiger partial charge in [0.2, 0.25) is 11.8 Å². The first kappa shape index (κ1) is 16.0. The second-order valence-electron chi connectivity index (χ2n) is 5.56. The molecule has 2 rings (SSSR count). The molecule has 5 heteroatoms. The van der Waals surface area contributed by atoms with E-state index in [0.29, 0.717) is 19.4 Å². The van der Waals surface area contributed by atoms with E-state index in [4.69, 9.17) is 0 Å². The van der Waals surface area contributed by atoms with E-state index >= 15 is 0 Å². The summed E-state index contributed by atoms with van der Waals surface area (Å²) >= 11 is 3.45. The van der Waals surface area contributed by atoms with Crippen LogP contribution >= 0.6 is 15.9 Å². The molecule has 1 aliphatic rings. The summed E-state index contributed by atoms with van der Waals surface area (Å²) in [4.78, 5) is 26.4. The third-order valence-corrected chi connectivity index (χ3v) is 4.24. The first-order chi connectivity index (χ1) is 10.0. The molecule has 1 fully saturated rings. The zero-order chi connectivity index (χ0) is 15.4. The molecule has 1 aromatic rings. The van der Waals surface area contributed by atoms with Crippen molar-refractivity contribution in [2.45, 2.75) is 51.7 Å². The van der Waals surface area contributed by atoms with Crippen LogP contribution in [-0.4, -0.2) is 28.8 Å². The highest BCUT2D eigenvalue weighted by Gasteiger charge is 2.33. The molecule has 2 amide bonds. The van der Waals surface area contributed by atoms with E-state index in [0.717, 1.165) is 16.5 Å². The fraction of sp³-hybridized carbons (Fsp3) is 0.500. The smallest absolute Gasteiger partial charge is 0.245 e. The minimum Gasteiger partial charge on any atom is -0.344 e. The van der Waals surface area contributed by atoms with Gasteiger partial charge in [0.15, 0.2) is 0 Å². The summed E-state index contributed by atoms with van der Waals surface area (Å²) in [7, 11) is 0. The summed E-state index contributed by atoms with van der Waals surface area (Å²) in [5, 5.41) is 2.85. The Bertz CT molecular complexity index is 533. The van der Waals surface area contributed by atoms with Crippen molar-refractivity contribution in [2.24, 2.45) is 0 Å². The van der Waals surface area contributed by atoms with Gasteiger partial charge in [0.1, 0.15) is 6.04 Å². The maximum absolute atomic E-state index is 12.7. The molecule has 114 valence electrons. The number of carbonyl (C=O) groups is 2. The molecule has 0 bridgehead atoms. The van der Waals surface area contributed by atoms with Gasteiger partial charge in [-0.2, -0.15) is 0 Å². The highest BCUT2D eigenvalue weighted by molar-refractivity contribution is 9.10. The van der Waals surface area contributed by atoms with Crippen LogP contribution in [0.15, 0.2) is 28.7 Å². The minimum atomic E-state index is -0.389. The summed E-state index contributed by atoms with van der Waals surface area (Å²) in [6, 6.07) is 7.45. The van der Waals surface area contributed by atoms with Gasteiger partial charge < -0.3 is 10.2 Å². The number of rotatable bonds is 4. The van der Waals surface area contributed by atoms with Crippen LogP contribution in [0.25, 0.3) is 0 Å². The Kier molecular flexibility index (Phi) is 5.39. The zero-order valence-corrected chi connectivity index (χ0v) is 14.0. The highest BCUT2D eigenvalue weighted by Crippen LogP contribution is 2.19. The molecule has 1 aliphatic heterocycles. The Labute approximate surface area is 134 Å². The number of halogens is 1. The molecule has 0 radical (unpaired) electrons. The van der Waals surface area contributed by atoms with Gasteiger partial charge in [-0.1, -0.05) is 41.4 Å². The van der Waals surface area contributed by atoms with E-state index in [1.807, 2.05) is 43.0 Å². The monoisotopic (exact) mass is 352 g/mol. The van der Waals surface area contributed by atoms with E-state index in [9.17, 15) is 9.59 Å². The number of hydrogen-bond donors (Lipinski definition) is 1. The number of nitrogens with one attached hydrogen (secondary N) is 1. The molecule has 1 aromatic carbocycles. The lowest BCUT2D eigenvalue weighted by Gasteiger charge is -2.29. The van der Waals surface area contributed by atoms with Crippen molar-refractivity contribution in [1.82, 2.24) is 10.2 Å². The molecule has 1 N–H and O–H groups in total. The Morgan fingerprint density at radius 3 is 2.81 bits per heavy atom. The van der Waals surface area contributed by atoms with Crippen LogP contribution in [-0.2, 0) is 16.1 Å². The van der Waals surface area contributed by atoms with Crippen LogP contribution < -0.4 is 5.32 Å². The lowest BCUT2D eigenvalue weighted by molar-refractivity contribution is -0.135. The van der Waals surface area contributed by atoms with Gasteiger partial charge >= 0.3 is 0 Å². The Morgan fingerprint density at radius 2 is 2.14 bits per heavy atom. The van der Waals surface area contributed by atoms with Crippen LogP contribution in [0, 0.1) is 0 Å². The SMILES string of the molecule is CCCC1NC(=O)CC(C)N(Cc2cccc(Br)c2)C1=O. The molecule has 0 aliphatic carbocycles. The number of nitrogens with zero attached hydrogens (tertiary/aromatic N) is 1. The maximum Gasteiger partial charge on any atom is 0.245 e. The topological polar surface area (TPSA) is 49.4 Å². The van der Waals surface area contributed by atoms with Crippen molar-refractivity contribution in [3.05, 3.63) is 34.3 Å². The van der Waals surface area contributed by atoms with E-state index < -0.39 is 0 Å². The lowest BCUT2D eigenvalue weighted by atomic mass is 10.1. The predicted octanol–water partition coefficient (Wildman–Crippen LogP) is 2.85.